The van der Waals surface area contributed by atoms with Gasteiger partial charge in [-0.05, 0) is 64.1 Å². The lowest BCUT2D eigenvalue weighted by molar-refractivity contribution is 0.139. The molecule has 0 bridgehead atoms. The van der Waals surface area contributed by atoms with Crippen LogP contribution in [0.4, 0.5) is 0 Å². The maximum Gasteiger partial charge on any atom is 0.00926 e. The summed E-state index contributed by atoms with van der Waals surface area (Å²) in [7, 11) is 0. The normalized spacial score (nSPS) is 24.6. The fourth-order valence-electron chi connectivity index (χ4n) is 2.89. The van der Waals surface area contributed by atoms with Crippen molar-refractivity contribution in [2.45, 2.75) is 64.8 Å². The molecule has 2 atom stereocenters. The van der Waals surface area contributed by atoms with Crippen molar-refractivity contribution in [1.82, 2.24) is 4.90 Å². The van der Waals surface area contributed by atoms with Crippen LogP contribution in [0.1, 0.15) is 58.8 Å². The predicted octanol–water partition coefficient (Wildman–Crippen LogP) is 3.02. The molecule has 1 saturated heterocycles. The molecule has 1 heterocycles. The molecule has 1 aliphatic rings. The fourth-order valence-corrected chi connectivity index (χ4v) is 2.89. The molecule has 0 amide bonds. The maximum absolute atomic E-state index is 5.58. The van der Waals surface area contributed by atoms with Gasteiger partial charge in [0, 0.05) is 6.04 Å². The Morgan fingerprint density at radius 3 is 2.81 bits per heavy atom. The number of nitrogens with zero attached hydrogens (tertiary/aromatic N) is 1. The highest BCUT2D eigenvalue weighted by Gasteiger charge is 2.19. The summed E-state index contributed by atoms with van der Waals surface area (Å²) in [5, 5.41) is 0. The van der Waals surface area contributed by atoms with Crippen LogP contribution in [0.25, 0.3) is 0 Å². The van der Waals surface area contributed by atoms with Gasteiger partial charge in [0.05, 0.1) is 0 Å². The van der Waals surface area contributed by atoms with Crippen LogP contribution in [0.5, 0.6) is 0 Å². The Hall–Kier alpha value is -0.0800. The van der Waals surface area contributed by atoms with Crippen molar-refractivity contribution in [3.05, 3.63) is 0 Å². The van der Waals surface area contributed by atoms with Gasteiger partial charge in [0.25, 0.3) is 0 Å². The summed E-state index contributed by atoms with van der Waals surface area (Å²) in [6.07, 6.45) is 9.51. The minimum Gasteiger partial charge on any atom is -0.330 e. The van der Waals surface area contributed by atoms with E-state index in [1.165, 1.54) is 58.0 Å². The average Bonchev–Trinajstić information content (AvgIpc) is 2.30. The van der Waals surface area contributed by atoms with Gasteiger partial charge < -0.3 is 10.6 Å². The monoisotopic (exact) mass is 226 g/mol. The molecule has 0 aromatic heterocycles. The second-order valence-electron chi connectivity index (χ2n) is 5.42. The van der Waals surface area contributed by atoms with Crippen molar-refractivity contribution < 1.29 is 0 Å². The highest BCUT2D eigenvalue weighted by molar-refractivity contribution is 4.75. The van der Waals surface area contributed by atoms with Crippen molar-refractivity contribution in [2.75, 3.05) is 19.6 Å². The zero-order chi connectivity index (χ0) is 11.8. The van der Waals surface area contributed by atoms with Crippen LogP contribution >= 0.6 is 0 Å². The van der Waals surface area contributed by atoms with Crippen molar-refractivity contribution in [1.29, 1.82) is 0 Å². The lowest BCUT2D eigenvalue weighted by atomic mass is 9.98. The van der Waals surface area contributed by atoms with E-state index in [2.05, 4.69) is 18.7 Å². The van der Waals surface area contributed by atoms with Gasteiger partial charge in [-0.25, -0.2) is 0 Å². The Kier molecular flexibility index (Phi) is 7.06. The minimum atomic E-state index is 0.815. The Morgan fingerprint density at radius 2 is 2.12 bits per heavy atom. The quantitative estimate of drug-likeness (QED) is 0.723. The largest absolute Gasteiger partial charge is 0.330 e. The first-order valence-corrected chi connectivity index (χ1v) is 7.22. The van der Waals surface area contributed by atoms with Crippen LogP contribution in [-0.2, 0) is 0 Å². The molecule has 2 nitrogen and oxygen atoms in total. The molecule has 0 aliphatic carbocycles. The lowest BCUT2D eigenvalue weighted by Crippen LogP contribution is -2.39. The fraction of sp³-hybridized carbons (Fsp3) is 1.00. The summed E-state index contributed by atoms with van der Waals surface area (Å²) >= 11 is 0. The van der Waals surface area contributed by atoms with Crippen LogP contribution < -0.4 is 5.73 Å². The third kappa shape index (κ3) is 4.84. The van der Waals surface area contributed by atoms with Gasteiger partial charge in [0.1, 0.15) is 0 Å². The summed E-state index contributed by atoms with van der Waals surface area (Å²) in [6, 6.07) is 0.874. The van der Waals surface area contributed by atoms with E-state index in [-0.39, 0.29) is 0 Å². The maximum atomic E-state index is 5.58. The molecule has 1 fully saturated rings. The summed E-state index contributed by atoms with van der Waals surface area (Å²) in [5.41, 5.74) is 5.58. The first-order chi connectivity index (χ1) is 7.77. The molecule has 1 aliphatic heterocycles. The first-order valence-electron chi connectivity index (χ1n) is 7.22. The van der Waals surface area contributed by atoms with E-state index in [4.69, 9.17) is 5.73 Å². The molecule has 0 radical (unpaired) electrons. The van der Waals surface area contributed by atoms with Gasteiger partial charge in [-0.3, -0.25) is 0 Å². The summed E-state index contributed by atoms with van der Waals surface area (Å²) < 4.78 is 0. The molecule has 2 heteroatoms. The molecule has 1 rings (SSSR count). The molecule has 16 heavy (non-hydrogen) atoms. The van der Waals surface area contributed by atoms with E-state index in [1.54, 1.807) is 0 Å². The van der Waals surface area contributed by atoms with Crippen molar-refractivity contribution in [3.8, 4) is 0 Å². The summed E-state index contributed by atoms with van der Waals surface area (Å²) in [6.45, 7) is 8.17. The number of piperidine rings is 1. The van der Waals surface area contributed by atoms with Crippen molar-refractivity contribution >= 4 is 0 Å². The second kappa shape index (κ2) is 8.08. The van der Waals surface area contributed by atoms with Gasteiger partial charge >= 0.3 is 0 Å². The number of hydrogen-bond donors (Lipinski definition) is 1. The highest BCUT2D eigenvalue weighted by atomic mass is 15.2. The van der Waals surface area contributed by atoms with E-state index in [0.717, 1.165) is 18.5 Å². The third-order valence-corrected chi connectivity index (χ3v) is 4.02. The minimum absolute atomic E-state index is 0.815. The van der Waals surface area contributed by atoms with Crippen LogP contribution in [0.2, 0.25) is 0 Å². The van der Waals surface area contributed by atoms with Gasteiger partial charge in [-0.15, -0.1) is 0 Å². The van der Waals surface area contributed by atoms with E-state index in [9.17, 15) is 0 Å². The topological polar surface area (TPSA) is 29.3 Å². The Labute approximate surface area is 102 Å². The first kappa shape index (κ1) is 14.0. The standard InChI is InChI=1S/C14H30N2/c1-3-14-8-4-5-11-16(14)12-6-7-13(2)9-10-15/h13-14H,3-12,15H2,1-2H3. The number of nitrogens with two attached hydrogens (primary N) is 1. The zero-order valence-electron chi connectivity index (χ0n) is 11.3. The van der Waals surface area contributed by atoms with E-state index >= 15 is 0 Å². The summed E-state index contributed by atoms with van der Waals surface area (Å²) in [5.74, 6) is 0.815. The van der Waals surface area contributed by atoms with E-state index in [1.807, 2.05) is 0 Å². The highest BCUT2D eigenvalue weighted by Crippen LogP contribution is 2.20. The molecule has 0 spiro atoms. The van der Waals surface area contributed by atoms with Gasteiger partial charge in [-0.1, -0.05) is 20.3 Å². The molecule has 96 valence electrons. The van der Waals surface area contributed by atoms with Gasteiger partial charge in [0.2, 0.25) is 0 Å². The van der Waals surface area contributed by atoms with Gasteiger partial charge in [0.15, 0.2) is 0 Å². The van der Waals surface area contributed by atoms with Crippen LogP contribution in [0.3, 0.4) is 0 Å². The van der Waals surface area contributed by atoms with E-state index in [0.29, 0.717) is 0 Å². The Balaban J connectivity index is 2.15. The summed E-state index contributed by atoms with van der Waals surface area (Å²) in [4.78, 5) is 2.72. The molecule has 2 N–H and O–H groups in total. The number of rotatable bonds is 7. The predicted molar refractivity (Wildman–Crippen MR) is 71.6 cm³/mol. The smallest absolute Gasteiger partial charge is 0.00926 e. The Bertz CT molecular complexity index is 170. The van der Waals surface area contributed by atoms with Gasteiger partial charge in [-0.2, -0.15) is 0 Å². The zero-order valence-corrected chi connectivity index (χ0v) is 11.3. The van der Waals surface area contributed by atoms with Crippen LogP contribution in [-0.4, -0.2) is 30.6 Å². The molecule has 2 unspecified atom stereocenters. The SMILES string of the molecule is CCC1CCCCN1CCCC(C)CCN. The average molecular weight is 226 g/mol. The molecular weight excluding hydrogens is 196 g/mol. The number of likely N-dealkylation sites (tertiary alicyclic amines) is 1. The lowest BCUT2D eigenvalue weighted by Gasteiger charge is -2.35. The third-order valence-electron chi connectivity index (χ3n) is 4.02. The molecule has 0 aromatic carbocycles. The van der Waals surface area contributed by atoms with Crippen molar-refractivity contribution in [3.63, 3.8) is 0 Å². The van der Waals surface area contributed by atoms with Crippen LogP contribution in [0, 0.1) is 5.92 Å². The molecular formula is C14H30N2. The van der Waals surface area contributed by atoms with Crippen molar-refractivity contribution in [2.24, 2.45) is 11.7 Å². The molecule has 0 aromatic rings. The second-order valence-corrected chi connectivity index (χ2v) is 5.42. The van der Waals surface area contributed by atoms with E-state index < -0.39 is 0 Å². The molecule has 0 saturated carbocycles. The Morgan fingerprint density at radius 1 is 1.31 bits per heavy atom. The van der Waals surface area contributed by atoms with Crippen LogP contribution in [0.15, 0.2) is 0 Å². The number of hydrogen-bond acceptors (Lipinski definition) is 2.